The van der Waals surface area contributed by atoms with Crippen LogP contribution in [0.5, 0.6) is 0 Å². The number of hydrogen-bond donors (Lipinski definition) is 1. The van der Waals surface area contributed by atoms with Crippen LogP contribution in [0.15, 0.2) is 24.3 Å². The van der Waals surface area contributed by atoms with E-state index in [9.17, 15) is 4.21 Å². The maximum atomic E-state index is 12.3. The van der Waals surface area contributed by atoms with E-state index in [1.165, 1.54) is 11.1 Å². The molecule has 1 aliphatic rings. The lowest BCUT2D eigenvalue weighted by Crippen LogP contribution is -2.31. The van der Waals surface area contributed by atoms with Crippen molar-refractivity contribution in [2.45, 2.75) is 49.7 Å². The molecule has 1 aliphatic carbocycles. The van der Waals surface area contributed by atoms with Gasteiger partial charge in [0.2, 0.25) is 0 Å². The van der Waals surface area contributed by atoms with Crippen molar-refractivity contribution in [1.82, 2.24) is 0 Å². The molecule has 3 heteroatoms. The quantitative estimate of drug-likeness (QED) is 0.897. The van der Waals surface area contributed by atoms with Crippen molar-refractivity contribution in [3.8, 4) is 0 Å². The van der Waals surface area contributed by atoms with Crippen LogP contribution in [0, 0.1) is 6.92 Å². The molecule has 1 unspecified atom stereocenters. The highest BCUT2D eigenvalue weighted by Gasteiger charge is 2.23. The third-order valence-corrected chi connectivity index (χ3v) is 5.46. The van der Waals surface area contributed by atoms with Crippen LogP contribution in [-0.2, 0) is 16.6 Å². The van der Waals surface area contributed by atoms with Gasteiger partial charge < -0.3 is 5.73 Å². The molecule has 0 radical (unpaired) electrons. The van der Waals surface area contributed by atoms with Gasteiger partial charge in [0, 0.05) is 27.8 Å². The van der Waals surface area contributed by atoms with Gasteiger partial charge in [-0.2, -0.15) is 0 Å². The van der Waals surface area contributed by atoms with E-state index >= 15 is 0 Å². The highest BCUT2D eigenvalue weighted by atomic mass is 32.2. The van der Waals surface area contributed by atoms with Crippen molar-refractivity contribution >= 4 is 10.8 Å². The number of hydrogen-bond acceptors (Lipinski definition) is 2. The molecule has 1 aromatic rings. The number of nitrogens with two attached hydrogens (primary N) is 1. The van der Waals surface area contributed by atoms with E-state index in [1.807, 2.05) is 12.1 Å². The second kappa shape index (κ2) is 5.78. The Morgan fingerprint density at radius 3 is 2.53 bits per heavy atom. The fourth-order valence-electron chi connectivity index (χ4n) is 2.39. The molecule has 2 N–H and O–H groups in total. The molecule has 0 bridgehead atoms. The molecule has 1 fully saturated rings. The summed E-state index contributed by atoms with van der Waals surface area (Å²) in [6, 6.07) is 8.56. The molecule has 0 heterocycles. The van der Waals surface area contributed by atoms with Gasteiger partial charge in [-0.3, -0.25) is 4.21 Å². The van der Waals surface area contributed by atoms with Gasteiger partial charge in [0.1, 0.15) is 0 Å². The molecule has 17 heavy (non-hydrogen) atoms. The molecule has 1 saturated carbocycles. The van der Waals surface area contributed by atoms with Crippen molar-refractivity contribution in [3.63, 3.8) is 0 Å². The summed E-state index contributed by atoms with van der Waals surface area (Å²) in [7, 11) is -0.738. The first-order valence-corrected chi connectivity index (χ1v) is 7.72. The second-order valence-corrected chi connectivity index (χ2v) is 6.71. The summed E-state index contributed by atoms with van der Waals surface area (Å²) in [6.07, 6.45) is 4.12. The fourth-order valence-corrected chi connectivity index (χ4v) is 4.06. The van der Waals surface area contributed by atoms with Crippen LogP contribution in [0.25, 0.3) is 0 Å². The lowest BCUT2D eigenvalue weighted by molar-refractivity contribution is 0.444. The third kappa shape index (κ3) is 3.39. The average Bonchev–Trinajstić information content (AvgIpc) is 2.33. The summed E-state index contributed by atoms with van der Waals surface area (Å²) < 4.78 is 12.3. The number of benzene rings is 1. The predicted octanol–water partition coefficient (Wildman–Crippen LogP) is 2.51. The van der Waals surface area contributed by atoms with Crippen molar-refractivity contribution < 1.29 is 4.21 Å². The summed E-state index contributed by atoms with van der Waals surface area (Å²) in [5, 5.41) is 0.356. The molecule has 1 atom stereocenters. The Hall–Kier alpha value is -0.670. The van der Waals surface area contributed by atoms with Crippen LogP contribution in [0.3, 0.4) is 0 Å². The first-order valence-electron chi connectivity index (χ1n) is 6.34. The van der Waals surface area contributed by atoms with Crippen LogP contribution in [0.2, 0.25) is 0 Å². The Bertz CT molecular complexity index is 397. The fraction of sp³-hybridized carbons (Fsp3) is 0.571. The molecule has 0 saturated heterocycles. The first kappa shape index (κ1) is 12.8. The van der Waals surface area contributed by atoms with Gasteiger partial charge in [-0.05, 0) is 43.7 Å². The van der Waals surface area contributed by atoms with Crippen molar-refractivity contribution in [3.05, 3.63) is 35.4 Å². The zero-order chi connectivity index (χ0) is 12.3. The normalized spacial score (nSPS) is 26.7. The van der Waals surface area contributed by atoms with E-state index < -0.39 is 10.8 Å². The van der Waals surface area contributed by atoms with Gasteiger partial charge in [-0.15, -0.1) is 0 Å². The Kier molecular flexibility index (Phi) is 4.35. The van der Waals surface area contributed by atoms with E-state index in [1.54, 1.807) is 0 Å². The molecule has 2 nitrogen and oxygen atoms in total. The van der Waals surface area contributed by atoms with Crippen LogP contribution in [0.4, 0.5) is 0 Å². The number of aryl methyl sites for hydroxylation is 1. The van der Waals surface area contributed by atoms with Crippen LogP contribution in [0.1, 0.15) is 36.8 Å². The highest BCUT2D eigenvalue weighted by Crippen LogP contribution is 2.24. The Morgan fingerprint density at radius 2 is 1.88 bits per heavy atom. The van der Waals surface area contributed by atoms with E-state index in [0.717, 1.165) is 25.7 Å². The van der Waals surface area contributed by atoms with E-state index in [2.05, 4.69) is 19.1 Å². The van der Waals surface area contributed by atoms with Crippen molar-refractivity contribution in [2.24, 2.45) is 5.73 Å². The molecule has 0 aliphatic heterocycles. The SMILES string of the molecule is Cc1ccccc1CS(=O)C1CCC(N)CC1. The zero-order valence-electron chi connectivity index (χ0n) is 10.4. The van der Waals surface area contributed by atoms with Gasteiger partial charge in [0.25, 0.3) is 0 Å². The van der Waals surface area contributed by atoms with E-state index in [0.29, 0.717) is 17.0 Å². The largest absolute Gasteiger partial charge is 0.328 e. The number of rotatable bonds is 3. The Labute approximate surface area is 106 Å². The topological polar surface area (TPSA) is 43.1 Å². The van der Waals surface area contributed by atoms with Gasteiger partial charge in [-0.25, -0.2) is 0 Å². The molecule has 2 rings (SSSR count). The van der Waals surface area contributed by atoms with Crippen LogP contribution in [-0.4, -0.2) is 15.5 Å². The smallest absolute Gasteiger partial charge is 0.0491 e. The van der Waals surface area contributed by atoms with Crippen molar-refractivity contribution in [1.29, 1.82) is 0 Å². The first-order chi connectivity index (χ1) is 8.16. The standard InChI is InChI=1S/C14H21NOS/c1-11-4-2-3-5-12(11)10-17(16)14-8-6-13(15)7-9-14/h2-5,13-14H,6-10,15H2,1H3. The van der Waals surface area contributed by atoms with Gasteiger partial charge in [-0.1, -0.05) is 24.3 Å². The van der Waals surface area contributed by atoms with Crippen molar-refractivity contribution in [2.75, 3.05) is 0 Å². The van der Waals surface area contributed by atoms with E-state index in [-0.39, 0.29) is 0 Å². The molecular formula is C14H21NOS. The summed E-state index contributed by atoms with van der Waals surface area (Å²) in [5.74, 6) is 0.701. The summed E-state index contributed by atoms with van der Waals surface area (Å²) in [5.41, 5.74) is 8.34. The van der Waals surface area contributed by atoms with Crippen LogP contribution >= 0.6 is 0 Å². The lowest BCUT2D eigenvalue weighted by atomic mass is 9.96. The minimum absolute atomic E-state index is 0.335. The third-order valence-electron chi connectivity index (χ3n) is 3.65. The minimum Gasteiger partial charge on any atom is -0.328 e. The summed E-state index contributed by atoms with van der Waals surface area (Å²) in [6.45, 7) is 2.09. The molecule has 0 aromatic heterocycles. The zero-order valence-corrected chi connectivity index (χ0v) is 11.2. The Morgan fingerprint density at radius 1 is 1.24 bits per heavy atom. The molecule has 94 valence electrons. The van der Waals surface area contributed by atoms with Gasteiger partial charge >= 0.3 is 0 Å². The molecular weight excluding hydrogens is 230 g/mol. The molecule has 0 amide bonds. The average molecular weight is 251 g/mol. The summed E-state index contributed by atoms with van der Waals surface area (Å²) >= 11 is 0. The Balaban J connectivity index is 1.95. The summed E-state index contributed by atoms with van der Waals surface area (Å²) in [4.78, 5) is 0. The molecule has 1 aromatic carbocycles. The van der Waals surface area contributed by atoms with Crippen LogP contribution < -0.4 is 5.73 Å². The van der Waals surface area contributed by atoms with Gasteiger partial charge in [0.05, 0.1) is 0 Å². The van der Waals surface area contributed by atoms with E-state index in [4.69, 9.17) is 5.73 Å². The predicted molar refractivity (Wildman–Crippen MR) is 73.3 cm³/mol. The maximum absolute atomic E-state index is 12.3. The minimum atomic E-state index is -0.738. The highest BCUT2D eigenvalue weighted by molar-refractivity contribution is 7.84. The monoisotopic (exact) mass is 251 g/mol. The maximum Gasteiger partial charge on any atom is 0.0491 e. The second-order valence-electron chi connectivity index (χ2n) is 4.99. The molecule has 0 spiro atoms. The van der Waals surface area contributed by atoms with Gasteiger partial charge in [0.15, 0.2) is 0 Å². The lowest BCUT2D eigenvalue weighted by Gasteiger charge is -2.25.